The first-order chi connectivity index (χ1) is 10.6. The molecule has 110 valence electrons. The normalized spacial score (nSPS) is 15.1. The number of thiocarbonyl (C=S) groups is 1. The van der Waals surface area contributed by atoms with Gasteiger partial charge in [0.05, 0.1) is 6.21 Å². The lowest BCUT2D eigenvalue weighted by Crippen LogP contribution is -2.29. The van der Waals surface area contributed by atoms with Crippen molar-refractivity contribution in [2.75, 3.05) is 11.4 Å². The molecule has 0 aromatic heterocycles. The predicted octanol–water partition coefficient (Wildman–Crippen LogP) is 2.79. The summed E-state index contributed by atoms with van der Waals surface area (Å²) in [7, 11) is 0. The Hall–Kier alpha value is -2.60. The summed E-state index contributed by atoms with van der Waals surface area (Å²) in [6, 6.07) is 15.3. The van der Waals surface area contributed by atoms with E-state index in [0.29, 0.717) is 10.7 Å². The van der Waals surface area contributed by atoms with Crippen LogP contribution in [0.2, 0.25) is 0 Å². The van der Waals surface area contributed by atoms with E-state index in [0.717, 1.165) is 5.69 Å². The lowest BCUT2D eigenvalue weighted by Gasteiger charge is -2.17. The largest absolute Gasteiger partial charge is 0.308 e. The minimum Gasteiger partial charge on any atom is -0.308 e. The van der Waals surface area contributed by atoms with Gasteiger partial charge in [0.15, 0.2) is 0 Å². The summed E-state index contributed by atoms with van der Waals surface area (Å²) in [6.45, 7) is 0.156. The highest BCUT2D eigenvalue weighted by atomic mass is 32.1. The summed E-state index contributed by atoms with van der Waals surface area (Å²) in [5, 5.41) is 5.63. The number of hydrogen-bond acceptors (Lipinski definition) is 3. The molecular weight excluding hydrogens is 301 g/mol. The number of carbonyl (C=O) groups excluding carboxylic acids is 1. The summed E-state index contributed by atoms with van der Waals surface area (Å²) in [5.74, 6) is -0.521. The minimum atomic E-state index is -0.319. The first-order valence-electron chi connectivity index (χ1n) is 6.64. The van der Waals surface area contributed by atoms with E-state index in [2.05, 4.69) is 5.10 Å². The maximum Gasteiger partial charge on any atom is 0.269 e. The van der Waals surface area contributed by atoms with Crippen LogP contribution in [0.3, 0.4) is 0 Å². The zero-order chi connectivity index (χ0) is 15.5. The quantitative estimate of drug-likeness (QED) is 0.646. The number of halogens is 1. The average Bonchev–Trinajstić information content (AvgIpc) is 2.82. The van der Waals surface area contributed by atoms with Crippen LogP contribution in [0.15, 0.2) is 59.7 Å². The van der Waals surface area contributed by atoms with Crippen molar-refractivity contribution in [3.63, 3.8) is 0 Å². The van der Waals surface area contributed by atoms with Gasteiger partial charge in [-0.2, -0.15) is 10.1 Å². The predicted molar refractivity (Wildman–Crippen MR) is 87.2 cm³/mol. The van der Waals surface area contributed by atoms with E-state index in [1.54, 1.807) is 17.0 Å². The standard InChI is InChI=1S/C16H12FN3OS/c17-13-8-6-12(7-9-13)10-18-20-15(21)11-19(16(20)22)14-4-2-1-3-5-14/h1-10H,11H2. The SMILES string of the molecule is O=C1CN(c2ccccc2)C(=S)N1N=Cc1ccc(F)cc1. The zero-order valence-corrected chi connectivity index (χ0v) is 12.3. The molecule has 1 saturated heterocycles. The van der Waals surface area contributed by atoms with Crippen molar-refractivity contribution in [2.45, 2.75) is 0 Å². The molecule has 1 aliphatic heterocycles. The monoisotopic (exact) mass is 313 g/mol. The van der Waals surface area contributed by atoms with E-state index in [-0.39, 0.29) is 18.3 Å². The van der Waals surface area contributed by atoms with Crippen molar-refractivity contribution in [3.05, 3.63) is 66.0 Å². The first-order valence-corrected chi connectivity index (χ1v) is 7.05. The molecule has 1 aliphatic rings. The van der Waals surface area contributed by atoms with Crippen molar-refractivity contribution in [1.29, 1.82) is 0 Å². The highest BCUT2D eigenvalue weighted by molar-refractivity contribution is 7.80. The molecule has 0 atom stereocenters. The molecule has 0 radical (unpaired) electrons. The van der Waals surface area contributed by atoms with E-state index >= 15 is 0 Å². The van der Waals surface area contributed by atoms with Gasteiger partial charge in [0.2, 0.25) is 5.11 Å². The van der Waals surface area contributed by atoms with Crippen molar-refractivity contribution in [3.8, 4) is 0 Å². The molecule has 0 saturated carbocycles. The third-order valence-corrected chi connectivity index (χ3v) is 3.60. The molecule has 0 spiro atoms. The molecule has 0 bridgehead atoms. The summed E-state index contributed by atoms with van der Waals surface area (Å²) < 4.78 is 12.9. The van der Waals surface area contributed by atoms with Crippen LogP contribution >= 0.6 is 12.2 Å². The van der Waals surface area contributed by atoms with Gasteiger partial charge in [-0.3, -0.25) is 4.79 Å². The van der Waals surface area contributed by atoms with Gasteiger partial charge in [-0.25, -0.2) is 4.39 Å². The maximum atomic E-state index is 12.9. The molecule has 0 N–H and O–H groups in total. The molecular formula is C16H12FN3OS. The Bertz CT molecular complexity index is 731. The summed E-state index contributed by atoms with van der Waals surface area (Å²) in [6.07, 6.45) is 1.48. The summed E-state index contributed by atoms with van der Waals surface area (Å²) in [5.41, 5.74) is 1.54. The summed E-state index contributed by atoms with van der Waals surface area (Å²) in [4.78, 5) is 13.8. The molecule has 1 heterocycles. The fourth-order valence-electron chi connectivity index (χ4n) is 2.09. The Labute approximate surface area is 132 Å². The van der Waals surface area contributed by atoms with Gasteiger partial charge in [0, 0.05) is 5.69 Å². The van der Waals surface area contributed by atoms with Gasteiger partial charge in [0.1, 0.15) is 12.4 Å². The van der Waals surface area contributed by atoms with E-state index < -0.39 is 0 Å². The Kier molecular flexibility index (Phi) is 3.93. The summed E-state index contributed by atoms with van der Waals surface area (Å²) >= 11 is 5.31. The molecule has 1 fully saturated rings. The number of anilines is 1. The second kappa shape index (κ2) is 6.03. The molecule has 3 rings (SSSR count). The second-order valence-corrected chi connectivity index (χ2v) is 5.07. The molecule has 2 aromatic carbocycles. The number of nitrogens with zero attached hydrogens (tertiary/aromatic N) is 3. The van der Waals surface area contributed by atoms with Gasteiger partial charge in [-0.15, -0.1) is 0 Å². The lowest BCUT2D eigenvalue weighted by molar-refractivity contribution is -0.124. The van der Waals surface area contributed by atoms with Crippen molar-refractivity contribution in [1.82, 2.24) is 5.01 Å². The molecule has 4 nitrogen and oxygen atoms in total. The third-order valence-electron chi connectivity index (χ3n) is 3.20. The lowest BCUT2D eigenvalue weighted by atomic mass is 10.2. The maximum absolute atomic E-state index is 12.9. The van der Waals surface area contributed by atoms with Crippen LogP contribution in [-0.2, 0) is 4.79 Å². The third kappa shape index (κ3) is 2.87. The van der Waals surface area contributed by atoms with E-state index in [9.17, 15) is 9.18 Å². The molecule has 1 amide bonds. The molecule has 2 aromatic rings. The fraction of sp³-hybridized carbons (Fsp3) is 0.0625. The molecule has 6 heteroatoms. The highest BCUT2D eigenvalue weighted by Crippen LogP contribution is 2.21. The Morgan fingerprint density at radius 3 is 2.45 bits per heavy atom. The van der Waals surface area contributed by atoms with Gasteiger partial charge < -0.3 is 4.90 Å². The minimum absolute atomic E-state index is 0.156. The van der Waals surface area contributed by atoms with Crippen LogP contribution in [-0.4, -0.2) is 28.8 Å². The second-order valence-electron chi connectivity index (χ2n) is 4.71. The Morgan fingerprint density at radius 1 is 1.09 bits per heavy atom. The van der Waals surface area contributed by atoms with Crippen molar-refractivity contribution < 1.29 is 9.18 Å². The molecule has 0 unspecified atom stereocenters. The number of amides is 1. The first kappa shape index (κ1) is 14.3. The van der Waals surface area contributed by atoms with Crippen LogP contribution in [0.4, 0.5) is 10.1 Å². The van der Waals surface area contributed by atoms with Crippen molar-refractivity contribution in [2.24, 2.45) is 5.10 Å². The topological polar surface area (TPSA) is 35.9 Å². The van der Waals surface area contributed by atoms with Gasteiger partial charge in [0.25, 0.3) is 5.91 Å². The molecule has 22 heavy (non-hydrogen) atoms. The number of hydrogen-bond donors (Lipinski definition) is 0. The number of carbonyl (C=O) groups is 1. The zero-order valence-electron chi connectivity index (χ0n) is 11.5. The van der Waals surface area contributed by atoms with Crippen molar-refractivity contribution >= 4 is 35.1 Å². The van der Waals surface area contributed by atoms with E-state index in [1.807, 2.05) is 30.3 Å². The van der Waals surface area contributed by atoms with Gasteiger partial charge in [-0.1, -0.05) is 30.3 Å². The average molecular weight is 313 g/mol. The number of benzene rings is 2. The molecule has 0 aliphatic carbocycles. The number of rotatable bonds is 3. The van der Waals surface area contributed by atoms with Gasteiger partial charge in [-0.05, 0) is 42.0 Å². The fourth-order valence-corrected chi connectivity index (χ4v) is 2.41. The van der Waals surface area contributed by atoms with Crippen LogP contribution in [0.25, 0.3) is 0 Å². The van der Waals surface area contributed by atoms with Crippen LogP contribution in [0.5, 0.6) is 0 Å². The van der Waals surface area contributed by atoms with E-state index in [1.165, 1.54) is 23.4 Å². The highest BCUT2D eigenvalue weighted by Gasteiger charge is 2.33. The van der Waals surface area contributed by atoms with Crippen LogP contribution < -0.4 is 4.90 Å². The van der Waals surface area contributed by atoms with Crippen LogP contribution in [0.1, 0.15) is 5.56 Å². The van der Waals surface area contributed by atoms with Gasteiger partial charge >= 0.3 is 0 Å². The smallest absolute Gasteiger partial charge is 0.269 e. The van der Waals surface area contributed by atoms with Crippen LogP contribution in [0, 0.1) is 5.82 Å². The number of hydrazone groups is 1. The van der Waals surface area contributed by atoms with E-state index in [4.69, 9.17) is 12.2 Å². The number of para-hydroxylation sites is 1. The Balaban J connectivity index is 1.79. The Morgan fingerprint density at radius 2 is 1.77 bits per heavy atom.